The van der Waals surface area contributed by atoms with Crippen LogP contribution in [0.3, 0.4) is 0 Å². The molecule has 0 radical (unpaired) electrons. The molecular weight excluding hydrogens is 390 g/mol. The molecule has 4 rings (SSSR count). The van der Waals surface area contributed by atoms with Crippen molar-refractivity contribution in [2.45, 2.75) is 20.4 Å². The number of amides is 1. The predicted octanol–water partition coefficient (Wildman–Crippen LogP) is 1.83. The third kappa shape index (κ3) is 4.30. The van der Waals surface area contributed by atoms with Crippen molar-refractivity contribution in [2.24, 2.45) is 0 Å². The number of nitrogens with one attached hydrogen (secondary N) is 1. The van der Waals surface area contributed by atoms with Crippen LogP contribution in [-0.2, 0) is 16.4 Å². The number of aromatic nitrogens is 3. The summed E-state index contributed by atoms with van der Waals surface area (Å²) >= 11 is 0. The van der Waals surface area contributed by atoms with Crippen molar-refractivity contribution >= 4 is 27.1 Å². The van der Waals surface area contributed by atoms with Crippen LogP contribution in [0.1, 0.15) is 27.6 Å². The molecule has 0 aliphatic carbocycles. The molecule has 3 aromatic heterocycles. The number of aryl methyl sites for hydroxylation is 2. The smallest absolute Gasteiger partial charge is 0.293 e. The number of imidazole rings is 1. The van der Waals surface area contributed by atoms with E-state index in [1.54, 1.807) is 10.6 Å². The normalized spacial score (nSPS) is 16.8. The number of nitrogens with zero attached hydrogens (tertiary/aromatic N) is 4. The van der Waals surface area contributed by atoms with Gasteiger partial charge < -0.3 is 5.32 Å². The van der Waals surface area contributed by atoms with E-state index in [2.05, 4.69) is 20.2 Å². The van der Waals surface area contributed by atoms with Crippen LogP contribution in [0.25, 0.3) is 5.52 Å². The Morgan fingerprint density at radius 3 is 2.62 bits per heavy atom. The molecule has 0 unspecified atom stereocenters. The van der Waals surface area contributed by atoms with Gasteiger partial charge in [-0.3, -0.25) is 14.1 Å². The molecule has 1 fully saturated rings. The second kappa shape index (κ2) is 7.57. The Labute approximate surface area is 169 Å². The molecule has 1 N–H and O–H groups in total. The topological polar surface area (TPSA) is 96.7 Å². The zero-order chi connectivity index (χ0) is 20.6. The van der Waals surface area contributed by atoms with Crippen molar-refractivity contribution in [1.29, 1.82) is 0 Å². The Bertz CT molecular complexity index is 1150. The van der Waals surface area contributed by atoms with Gasteiger partial charge in [0.25, 0.3) is 5.91 Å². The van der Waals surface area contributed by atoms with Gasteiger partial charge in [-0.05, 0) is 43.7 Å². The lowest BCUT2D eigenvalue weighted by atomic mass is 10.2. The molecule has 152 valence electrons. The Morgan fingerprint density at radius 1 is 1.14 bits per heavy atom. The molecule has 1 aliphatic rings. The van der Waals surface area contributed by atoms with Crippen LogP contribution < -0.4 is 5.32 Å². The third-order valence-electron chi connectivity index (χ3n) is 4.98. The summed E-state index contributed by atoms with van der Waals surface area (Å²) in [6.45, 7) is 5.28. The van der Waals surface area contributed by atoms with Crippen LogP contribution in [-0.4, -0.2) is 58.2 Å². The van der Waals surface area contributed by atoms with Crippen molar-refractivity contribution < 1.29 is 13.2 Å². The average Bonchev–Trinajstić information content (AvgIpc) is 3.01. The summed E-state index contributed by atoms with van der Waals surface area (Å²) in [5.74, 6) is 0.745. The van der Waals surface area contributed by atoms with Crippen LogP contribution in [0.2, 0.25) is 0 Å². The van der Waals surface area contributed by atoms with Gasteiger partial charge >= 0.3 is 0 Å². The van der Waals surface area contributed by atoms with E-state index in [4.69, 9.17) is 0 Å². The molecule has 4 heterocycles. The van der Waals surface area contributed by atoms with E-state index in [1.807, 2.05) is 44.2 Å². The number of rotatable bonds is 4. The summed E-state index contributed by atoms with van der Waals surface area (Å²) in [7, 11) is -2.94. The van der Waals surface area contributed by atoms with Crippen molar-refractivity contribution in [3.63, 3.8) is 0 Å². The first-order valence-electron chi connectivity index (χ1n) is 9.46. The summed E-state index contributed by atoms with van der Waals surface area (Å²) in [6.07, 6.45) is 1.80. The largest absolute Gasteiger partial charge is 0.304 e. The minimum absolute atomic E-state index is 0.157. The quantitative estimate of drug-likeness (QED) is 0.701. The van der Waals surface area contributed by atoms with Crippen LogP contribution in [0.5, 0.6) is 0 Å². The highest BCUT2D eigenvalue weighted by Gasteiger charge is 2.24. The lowest BCUT2D eigenvalue weighted by Crippen LogP contribution is -2.39. The number of carbonyl (C=O) groups excluding carboxylic acids is 1. The van der Waals surface area contributed by atoms with E-state index >= 15 is 0 Å². The number of anilines is 1. The molecule has 1 amide bonds. The molecule has 29 heavy (non-hydrogen) atoms. The summed E-state index contributed by atoms with van der Waals surface area (Å²) < 4.78 is 25.1. The zero-order valence-electron chi connectivity index (χ0n) is 16.4. The minimum Gasteiger partial charge on any atom is -0.304 e. The Morgan fingerprint density at radius 2 is 1.90 bits per heavy atom. The highest BCUT2D eigenvalue weighted by atomic mass is 32.2. The monoisotopic (exact) mass is 413 g/mol. The molecule has 0 atom stereocenters. The summed E-state index contributed by atoms with van der Waals surface area (Å²) in [6, 6.07) is 9.41. The molecule has 9 heteroatoms. The van der Waals surface area contributed by atoms with E-state index < -0.39 is 9.84 Å². The molecule has 1 saturated heterocycles. The molecule has 8 nitrogen and oxygen atoms in total. The highest BCUT2D eigenvalue weighted by molar-refractivity contribution is 7.91. The zero-order valence-corrected chi connectivity index (χ0v) is 17.2. The van der Waals surface area contributed by atoms with Crippen molar-refractivity contribution in [2.75, 3.05) is 29.9 Å². The maximum atomic E-state index is 12.9. The number of pyridine rings is 2. The number of sulfone groups is 1. The van der Waals surface area contributed by atoms with Gasteiger partial charge in [-0.2, -0.15) is 0 Å². The fourth-order valence-electron chi connectivity index (χ4n) is 3.58. The number of fused-ring (bicyclic) bond motifs is 1. The lowest BCUT2D eigenvalue weighted by Gasteiger charge is -2.25. The molecular formula is C20H23N5O3S. The Hall–Kier alpha value is -2.78. The second-order valence-corrected chi connectivity index (χ2v) is 9.69. The number of hydrogen-bond donors (Lipinski definition) is 1. The summed E-state index contributed by atoms with van der Waals surface area (Å²) in [4.78, 5) is 23.9. The fourth-order valence-corrected chi connectivity index (χ4v) is 4.85. The standard InChI is InChI=1S/C20H23N5O3S/c1-14-11-15(2)21-18(12-14)23-20(26)19-22-16(17-5-3-4-6-25(17)19)13-24-7-9-29(27,28)10-8-24/h3-6,11-12H,7-10,13H2,1-2H3,(H,21,23,26). The SMILES string of the molecule is Cc1cc(C)nc(NC(=O)c2nc(CN3CCS(=O)(=O)CC3)c3ccccn23)c1. The number of hydrogen-bond acceptors (Lipinski definition) is 6. The lowest BCUT2D eigenvalue weighted by molar-refractivity contribution is 0.101. The van der Waals surface area contributed by atoms with Gasteiger partial charge in [-0.1, -0.05) is 6.07 Å². The summed E-state index contributed by atoms with van der Waals surface area (Å²) in [5, 5.41) is 2.83. The molecule has 1 aliphatic heterocycles. The van der Waals surface area contributed by atoms with E-state index in [-0.39, 0.29) is 23.2 Å². The van der Waals surface area contributed by atoms with Crippen molar-refractivity contribution in [3.8, 4) is 0 Å². The van der Waals surface area contributed by atoms with Gasteiger partial charge in [0.05, 0.1) is 22.7 Å². The van der Waals surface area contributed by atoms with E-state index in [0.29, 0.717) is 25.5 Å². The van der Waals surface area contributed by atoms with Crippen LogP contribution in [0.15, 0.2) is 36.5 Å². The van der Waals surface area contributed by atoms with E-state index in [9.17, 15) is 13.2 Å². The Kier molecular flexibility index (Phi) is 5.10. The molecule has 0 saturated carbocycles. The molecule has 3 aromatic rings. The van der Waals surface area contributed by atoms with Crippen LogP contribution >= 0.6 is 0 Å². The fraction of sp³-hybridized carbons (Fsp3) is 0.350. The van der Waals surface area contributed by atoms with Gasteiger partial charge in [0.2, 0.25) is 5.82 Å². The average molecular weight is 414 g/mol. The van der Waals surface area contributed by atoms with Gasteiger partial charge in [0.15, 0.2) is 9.84 Å². The van der Waals surface area contributed by atoms with Gasteiger partial charge in [0.1, 0.15) is 5.82 Å². The third-order valence-corrected chi connectivity index (χ3v) is 6.59. The van der Waals surface area contributed by atoms with Crippen LogP contribution in [0, 0.1) is 13.8 Å². The van der Waals surface area contributed by atoms with Crippen molar-refractivity contribution in [3.05, 3.63) is 59.3 Å². The van der Waals surface area contributed by atoms with Gasteiger partial charge in [-0.25, -0.2) is 18.4 Å². The van der Waals surface area contributed by atoms with Gasteiger partial charge in [-0.15, -0.1) is 0 Å². The Balaban J connectivity index is 1.61. The maximum absolute atomic E-state index is 12.9. The first-order valence-corrected chi connectivity index (χ1v) is 11.3. The number of carbonyl (C=O) groups is 1. The maximum Gasteiger partial charge on any atom is 0.293 e. The second-order valence-electron chi connectivity index (χ2n) is 7.39. The predicted molar refractivity (Wildman–Crippen MR) is 111 cm³/mol. The minimum atomic E-state index is -2.94. The first-order chi connectivity index (χ1) is 13.8. The van der Waals surface area contributed by atoms with Gasteiger partial charge in [0, 0.05) is 31.5 Å². The van der Waals surface area contributed by atoms with E-state index in [0.717, 1.165) is 22.5 Å². The van der Waals surface area contributed by atoms with E-state index in [1.165, 1.54) is 0 Å². The van der Waals surface area contributed by atoms with Crippen LogP contribution in [0.4, 0.5) is 5.82 Å². The summed E-state index contributed by atoms with van der Waals surface area (Å²) in [5.41, 5.74) is 3.43. The molecule has 0 bridgehead atoms. The molecule has 0 aromatic carbocycles. The highest BCUT2D eigenvalue weighted by Crippen LogP contribution is 2.18. The molecule has 0 spiro atoms. The van der Waals surface area contributed by atoms with Crippen molar-refractivity contribution in [1.82, 2.24) is 19.3 Å². The first kappa shape index (κ1) is 19.5.